The van der Waals surface area contributed by atoms with Crippen molar-refractivity contribution in [2.75, 3.05) is 0 Å². The van der Waals surface area contributed by atoms with Crippen LogP contribution >= 0.6 is 45.4 Å². The first kappa shape index (κ1) is 16.3. The monoisotopic (exact) mass is 430 g/mol. The van der Waals surface area contributed by atoms with E-state index in [-0.39, 0.29) is 0 Å². The quantitative estimate of drug-likeness (QED) is 0.419. The molecule has 0 aliphatic heterocycles. The number of rotatable bonds is 0. The summed E-state index contributed by atoms with van der Waals surface area (Å²) in [4.78, 5) is 1.52. The molecule has 0 bridgehead atoms. The number of hydrogen-bond donors (Lipinski definition) is 0. The normalized spacial score (nSPS) is 14.4. The van der Waals surface area contributed by atoms with E-state index in [1.807, 2.05) is 11.3 Å². The summed E-state index contributed by atoms with van der Waals surface area (Å²) in [6.45, 7) is 4.49. The van der Waals surface area contributed by atoms with Gasteiger partial charge in [-0.05, 0) is 42.9 Å². The van der Waals surface area contributed by atoms with Crippen LogP contribution in [0.25, 0.3) is 15.7 Å². The van der Waals surface area contributed by atoms with Crippen LogP contribution in [0.15, 0.2) is 29.8 Å². The Morgan fingerprint density at radius 2 is 1.63 bits per heavy atom. The van der Waals surface area contributed by atoms with E-state index in [1.165, 1.54) is 26.1 Å². The molecular weight excluding hydrogens is 421 g/mol. The molecule has 0 unspecified atom stereocenters. The first-order valence-electron chi connectivity index (χ1n) is 5.70. The minimum absolute atomic E-state index is 1.16. The standard InChI is InChI=1S/C13H12S.4ClH.Zr/c1-8-7-11-10-5-3-4-6-12(10)14-13(11)9(8)2;;;;;/h3-6H,7H2,1-2H3;4*1H;/q;;;;;+4/p-4. The molecule has 1 heterocycles. The Balaban J connectivity index is 0.000000232. The van der Waals surface area contributed by atoms with Gasteiger partial charge in [0.25, 0.3) is 0 Å². The maximum absolute atomic E-state index is 5.04. The summed E-state index contributed by atoms with van der Waals surface area (Å²) in [6, 6.07) is 8.73. The van der Waals surface area contributed by atoms with Crippen LogP contribution in [0.2, 0.25) is 0 Å². The van der Waals surface area contributed by atoms with Crippen LogP contribution in [0, 0.1) is 0 Å². The van der Waals surface area contributed by atoms with Crippen LogP contribution in [0.3, 0.4) is 0 Å². The van der Waals surface area contributed by atoms with Crippen molar-refractivity contribution in [3.8, 4) is 0 Å². The maximum atomic E-state index is 5.04. The predicted octanol–water partition coefficient (Wildman–Crippen LogP) is 7.01. The van der Waals surface area contributed by atoms with Gasteiger partial charge in [-0.1, -0.05) is 23.8 Å². The van der Waals surface area contributed by atoms with Crippen molar-refractivity contribution in [1.29, 1.82) is 0 Å². The fraction of sp³-hybridized carbons (Fsp3) is 0.231. The topological polar surface area (TPSA) is 0 Å². The molecule has 2 aromatic rings. The van der Waals surface area contributed by atoms with E-state index in [1.54, 1.807) is 5.56 Å². The fourth-order valence-electron chi connectivity index (χ4n) is 2.17. The third kappa shape index (κ3) is 4.22. The van der Waals surface area contributed by atoms with Gasteiger partial charge >= 0.3 is 49.5 Å². The summed E-state index contributed by atoms with van der Waals surface area (Å²) in [7, 11) is 20.1. The molecule has 0 N–H and O–H groups in total. The summed E-state index contributed by atoms with van der Waals surface area (Å²) in [6.07, 6.45) is 1.16. The first-order valence-corrected chi connectivity index (χ1v) is 19.2. The Labute approximate surface area is 135 Å². The Kier molecular flexibility index (Phi) is 5.49. The number of allylic oxidation sites excluding steroid dienone is 2. The molecule has 0 nitrogen and oxygen atoms in total. The fourth-order valence-corrected chi connectivity index (χ4v) is 3.47. The van der Waals surface area contributed by atoms with Crippen LogP contribution in [-0.4, -0.2) is 0 Å². The molecule has 0 radical (unpaired) electrons. The molecule has 0 saturated heterocycles. The van der Waals surface area contributed by atoms with Gasteiger partial charge in [-0.3, -0.25) is 0 Å². The molecule has 3 rings (SSSR count). The van der Waals surface area contributed by atoms with E-state index in [2.05, 4.69) is 38.1 Å². The zero-order valence-corrected chi connectivity index (χ0v) is 16.7. The third-order valence-corrected chi connectivity index (χ3v) is 4.45. The van der Waals surface area contributed by atoms with Gasteiger partial charge < -0.3 is 0 Å². The van der Waals surface area contributed by atoms with Crippen LogP contribution < -0.4 is 0 Å². The zero-order chi connectivity index (χ0) is 14.2. The van der Waals surface area contributed by atoms with Gasteiger partial charge in [-0.2, -0.15) is 0 Å². The van der Waals surface area contributed by atoms with Crippen molar-refractivity contribution in [3.63, 3.8) is 0 Å². The molecule has 1 aliphatic rings. The second-order valence-corrected chi connectivity index (χ2v) is 27.9. The van der Waals surface area contributed by atoms with Gasteiger partial charge in [-0.15, -0.1) is 11.3 Å². The minimum atomic E-state index is -3.29. The van der Waals surface area contributed by atoms with Crippen molar-refractivity contribution in [3.05, 3.63) is 40.3 Å². The van der Waals surface area contributed by atoms with Crippen molar-refractivity contribution in [2.24, 2.45) is 0 Å². The van der Waals surface area contributed by atoms with Crippen molar-refractivity contribution >= 4 is 61.0 Å². The van der Waals surface area contributed by atoms with Gasteiger partial charge in [0.1, 0.15) is 0 Å². The van der Waals surface area contributed by atoms with Gasteiger partial charge in [0.15, 0.2) is 0 Å². The first-order chi connectivity index (χ1) is 8.77. The molecule has 19 heavy (non-hydrogen) atoms. The average Bonchev–Trinajstić information content (AvgIpc) is 2.76. The molecule has 1 aromatic carbocycles. The number of halogens is 4. The summed E-state index contributed by atoms with van der Waals surface area (Å²) >= 11 is -1.35. The molecule has 0 fully saturated rings. The second-order valence-electron chi connectivity index (χ2n) is 4.42. The summed E-state index contributed by atoms with van der Waals surface area (Å²) in [5.41, 5.74) is 4.60. The van der Waals surface area contributed by atoms with E-state index >= 15 is 0 Å². The van der Waals surface area contributed by atoms with Crippen LogP contribution in [0.5, 0.6) is 0 Å². The Morgan fingerprint density at radius 3 is 2.26 bits per heavy atom. The third-order valence-electron chi connectivity index (χ3n) is 3.12. The van der Waals surface area contributed by atoms with Crippen LogP contribution in [-0.2, 0) is 21.9 Å². The van der Waals surface area contributed by atoms with Crippen molar-refractivity contribution in [1.82, 2.24) is 0 Å². The Morgan fingerprint density at radius 1 is 1.05 bits per heavy atom. The van der Waals surface area contributed by atoms with E-state index in [4.69, 9.17) is 34.1 Å². The van der Waals surface area contributed by atoms with Gasteiger partial charge in [0.2, 0.25) is 0 Å². The van der Waals surface area contributed by atoms with E-state index in [9.17, 15) is 0 Å². The van der Waals surface area contributed by atoms with E-state index in [0.29, 0.717) is 0 Å². The molecule has 0 amide bonds. The number of hydrogen-bond acceptors (Lipinski definition) is 1. The van der Waals surface area contributed by atoms with Crippen molar-refractivity contribution < 1.29 is 15.5 Å². The number of fused-ring (bicyclic) bond motifs is 3. The molecule has 1 aliphatic carbocycles. The van der Waals surface area contributed by atoms with Gasteiger partial charge in [-0.25, -0.2) is 0 Å². The zero-order valence-electron chi connectivity index (χ0n) is 10.4. The molecule has 0 spiro atoms. The summed E-state index contributed by atoms with van der Waals surface area (Å²) < 4.78 is 1.43. The summed E-state index contributed by atoms with van der Waals surface area (Å²) in [5, 5.41) is 1.46. The van der Waals surface area contributed by atoms with E-state index in [0.717, 1.165) is 6.42 Å². The van der Waals surface area contributed by atoms with Gasteiger partial charge in [0, 0.05) is 9.58 Å². The Hall–Kier alpha value is 0.963. The predicted molar refractivity (Wildman–Crippen MR) is 87.2 cm³/mol. The van der Waals surface area contributed by atoms with Crippen LogP contribution in [0.1, 0.15) is 24.3 Å². The number of thiophene rings is 1. The summed E-state index contributed by atoms with van der Waals surface area (Å²) in [5.74, 6) is 0. The molecule has 0 atom stereocenters. The average molecular weight is 433 g/mol. The SMILES string of the molecule is CC1=C(C)c2sc3ccccc3c2C1.[Cl][Zr]([Cl])([Cl])[Cl]. The number of benzene rings is 1. The van der Waals surface area contributed by atoms with E-state index < -0.39 is 15.5 Å². The Bertz CT molecular complexity index is 634. The molecular formula is C13H12Cl4SZr. The van der Waals surface area contributed by atoms with Gasteiger partial charge in [0.05, 0.1) is 0 Å². The van der Waals surface area contributed by atoms with Crippen LogP contribution in [0.4, 0.5) is 0 Å². The molecule has 6 heteroatoms. The van der Waals surface area contributed by atoms with Crippen molar-refractivity contribution in [2.45, 2.75) is 20.3 Å². The molecule has 102 valence electrons. The molecule has 1 aromatic heterocycles. The molecule has 0 saturated carbocycles. The second kappa shape index (κ2) is 6.38.